The Bertz CT molecular complexity index is 830. The number of fused-ring (bicyclic) bond motifs is 2. The number of carbonyl (C=O) groups is 1. The molecule has 3 aliphatic rings. The van der Waals surface area contributed by atoms with E-state index in [9.17, 15) is 4.79 Å². The summed E-state index contributed by atoms with van der Waals surface area (Å²) in [5.74, 6) is 0.717. The number of rotatable bonds is 5. The zero-order chi connectivity index (χ0) is 18.4. The fourth-order valence-electron chi connectivity index (χ4n) is 4.70. The topological polar surface area (TPSA) is 83.4 Å². The summed E-state index contributed by atoms with van der Waals surface area (Å²) in [6.07, 6.45) is 6.49. The molecule has 1 saturated carbocycles. The quantitative estimate of drug-likeness (QED) is 0.745. The lowest BCUT2D eigenvalue weighted by Gasteiger charge is -2.35. The summed E-state index contributed by atoms with van der Waals surface area (Å²) in [4.78, 5) is 18.4. The molecule has 0 bridgehead atoms. The fourth-order valence-corrected chi connectivity index (χ4v) is 4.70. The average Bonchev–Trinajstić information content (AvgIpc) is 3.34. The molecule has 0 unspecified atom stereocenters. The number of aromatic amines is 1. The predicted octanol–water partition coefficient (Wildman–Crippen LogP) is 1.41. The van der Waals surface area contributed by atoms with Crippen molar-refractivity contribution in [2.45, 2.75) is 49.9 Å². The molecule has 1 aliphatic carbocycles. The van der Waals surface area contributed by atoms with Crippen LogP contribution in [0.3, 0.4) is 0 Å². The van der Waals surface area contributed by atoms with Crippen LogP contribution in [0.1, 0.15) is 24.8 Å². The number of para-hydroxylation sites is 1. The van der Waals surface area contributed by atoms with Crippen molar-refractivity contribution in [2.24, 2.45) is 11.7 Å². The molecular weight excluding hydrogens is 340 g/mol. The Labute approximate surface area is 159 Å². The van der Waals surface area contributed by atoms with Gasteiger partial charge < -0.3 is 20.8 Å². The molecule has 0 spiro atoms. The molecule has 4 atom stereocenters. The zero-order valence-corrected chi connectivity index (χ0v) is 15.6. The van der Waals surface area contributed by atoms with E-state index < -0.39 is 6.04 Å². The second-order valence-electron chi connectivity index (χ2n) is 8.43. The summed E-state index contributed by atoms with van der Waals surface area (Å²) in [7, 11) is 0. The maximum Gasteiger partial charge on any atom is 0.237 e. The minimum Gasteiger partial charge on any atom is -0.375 e. The minimum absolute atomic E-state index is 0.0511. The van der Waals surface area contributed by atoms with Gasteiger partial charge in [-0.15, -0.1) is 0 Å². The van der Waals surface area contributed by atoms with Crippen molar-refractivity contribution in [2.75, 3.05) is 19.7 Å². The highest BCUT2D eigenvalue weighted by Crippen LogP contribution is 2.37. The second-order valence-corrected chi connectivity index (χ2v) is 8.43. The summed E-state index contributed by atoms with van der Waals surface area (Å²) >= 11 is 0. The van der Waals surface area contributed by atoms with Crippen LogP contribution in [0.25, 0.3) is 10.9 Å². The van der Waals surface area contributed by atoms with Crippen LogP contribution in [0.15, 0.2) is 30.5 Å². The third-order valence-electron chi connectivity index (χ3n) is 6.39. The fraction of sp³-hybridized carbons (Fsp3) is 0.571. The molecule has 1 aromatic heterocycles. The van der Waals surface area contributed by atoms with Crippen LogP contribution in [0.5, 0.6) is 0 Å². The maximum absolute atomic E-state index is 12.7. The normalized spacial score (nSPS) is 29.6. The Morgan fingerprint density at radius 2 is 2.19 bits per heavy atom. The molecule has 2 saturated heterocycles. The number of ether oxygens (including phenoxy) is 1. The van der Waals surface area contributed by atoms with E-state index in [4.69, 9.17) is 10.5 Å². The van der Waals surface area contributed by atoms with Gasteiger partial charge in [0, 0.05) is 42.3 Å². The molecule has 2 aromatic rings. The standard InChI is InChI=1S/C21H28N4O2/c22-18(7-14-9-23-19-4-2-1-3-17(14)19)21(26)24-15-8-16-12-27-20(13-5-6-13)11-25(16)10-15/h1-4,9,13,15-16,18,20,23H,5-8,10-12,22H2,(H,24,26)/t15-,16-,18+,20-/m0/s1. The van der Waals surface area contributed by atoms with Crippen molar-refractivity contribution in [1.29, 1.82) is 0 Å². The van der Waals surface area contributed by atoms with Crippen molar-refractivity contribution >= 4 is 16.8 Å². The Balaban J connectivity index is 1.17. The van der Waals surface area contributed by atoms with Gasteiger partial charge in [-0.25, -0.2) is 0 Å². The molecular formula is C21H28N4O2. The van der Waals surface area contributed by atoms with Crippen LogP contribution in [0.4, 0.5) is 0 Å². The minimum atomic E-state index is -0.530. The van der Waals surface area contributed by atoms with Gasteiger partial charge in [0.05, 0.1) is 18.8 Å². The lowest BCUT2D eigenvalue weighted by molar-refractivity contribution is -0.122. The Morgan fingerprint density at radius 3 is 3.04 bits per heavy atom. The van der Waals surface area contributed by atoms with Crippen LogP contribution in [0.2, 0.25) is 0 Å². The number of carbonyl (C=O) groups excluding carboxylic acids is 1. The summed E-state index contributed by atoms with van der Waals surface area (Å²) < 4.78 is 6.05. The Morgan fingerprint density at radius 1 is 1.33 bits per heavy atom. The SMILES string of the molecule is N[C@H](Cc1c[nH]c2ccccc12)C(=O)N[C@H]1C[C@H]2CO[C@H](C3CC3)CN2C1. The number of nitrogens with zero attached hydrogens (tertiary/aromatic N) is 1. The molecule has 3 heterocycles. The number of hydrogen-bond acceptors (Lipinski definition) is 4. The number of morpholine rings is 1. The van der Waals surface area contributed by atoms with Gasteiger partial charge in [0.1, 0.15) is 0 Å². The van der Waals surface area contributed by atoms with E-state index in [0.717, 1.165) is 48.5 Å². The van der Waals surface area contributed by atoms with E-state index in [-0.39, 0.29) is 11.9 Å². The van der Waals surface area contributed by atoms with E-state index >= 15 is 0 Å². The number of aromatic nitrogens is 1. The molecule has 0 radical (unpaired) electrons. The molecule has 6 nitrogen and oxygen atoms in total. The zero-order valence-electron chi connectivity index (χ0n) is 15.6. The smallest absolute Gasteiger partial charge is 0.237 e. The molecule has 5 rings (SSSR count). The summed E-state index contributed by atoms with van der Waals surface area (Å²) in [6, 6.07) is 8.21. The summed E-state index contributed by atoms with van der Waals surface area (Å²) in [6.45, 7) is 2.74. The Kier molecular flexibility index (Phi) is 4.42. The van der Waals surface area contributed by atoms with Gasteiger partial charge >= 0.3 is 0 Å². The number of amides is 1. The number of hydrogen-bond donors (Lipinski definition) is 3. The predicted molar refractivity (Wildman–Crippen MR) is 104 cm³/mol. The van der Waals surface area contributed by atoms with Crippen LogP contribution >= 0.6 is 0 Å². The van der Waals surface area contributed by atoms with Crippen molar-refractivity contribution < 1.29 is 9.53 Å². The first-order valence-corrected chi connectivity index (χ1v) is 10.1. The second kappa shape index (κ2) is 6.93. The van der Waals surface area contributed by atoms with Gasteiger partial charge in [0.25, 0.3) is 0 Å². The lowest BCUT2D eigenvalue weighted by Crippen LogP contribution is -2.48. The van der Waals surface area contributed by atoms with Crippen LogP contribution in [-0.2, 0) is 16.0 Å². The van der Waals surface area contributed by atoms with E-state index in [2.05, 4.69) is 21.3 Å². The van der Waals surface area contributed by atoms with Crippen molar-refractivity contribution in [3.8, 4) is 0 Å². The number of benzene rings is 1. The lowest BCUT2D eigenvalue weighted by atomic mass is 10.0. The third-order valence-corrected chi connectivity index (χ3v) is 6.39. The number of nitrogens with one attached hydrogen (secondary N) is 2. The molecule has 2 aliphatic heterocycles. The first-order chi connectivity index (χ1) is 13.2. The number of nitrogens with two attached hydrogens (primary N) is 1. The van der Waals surface area contributed by atoms with E-state index in [1.165, 1.54) is 12.8 Å². The van der Waals surface area contributed by atoms with Crippen molar-refractivity contribution in [3.63, 3.8) is 0 Å². The highest BCUT2D eigenvalue weighted by Gasteiger charge is 2.42. The summed E-state index contributed by atoms with van der Waals surface area (Å²) in [5.41, 5.74) is 8.41. The van der Waals surface area contributed by atoms with Crippen LogP contribution in [-0.4, -0.2) is 59.7 Å². The van der Waals surface area contributed by atoms with Gasteiger partial charge in [-0.3, -0.25) is 9.69 Å². The van der Waals surface area contributed by atoms with Gasteiger partial charge in [0.15, 0.2) is 0 Å². The molecule has 27 heavy (non-hydrogen) atoms. The van der Waals surface area contributed by atoms with E-state index in [1.54, 1.807) is 0 Å². The van der Waals surface area contributed by atoms with Gasteiger partial charge in [-0.2, -0.15) is 0 Å². The van der Waals surface area contributed by atoms with Crippen LogP contribution < -0.4 is 11.1 Å². The average molecular weight is 368 g/mol. The largest absolute Gasteiger partial charge is 0.375 e. The number of H-pyrrole nitrogens is 1. The monoisotopic (exact) mass is 368 g/mol. The molecule has 6 heteroatoms. The molecule has 1 aromatic carbocycles. The molecule has 1 amide bonds. The van der Waals surface area contributed by atoms with Gasteiger partial charge in [0.2, 0.25) is 5.91 Å². The van der Waals surface area contributed by atoms with E-state index in [1.807, 2.05) is 24.4 Å². The molecule has 144 valence electrons. The van der Waals surface area contributed by atoms with E-state index in [0.29, 0.717) is 18.6 Å². The molecule has 3 fully saturated rings. The van der Waals surface area contributed by atoms with Crippen molar-refractivity contribution in [3.05, 3.63) is 36.0 Å². The highest BCUT2D eigenvalue weighted by molar-refractivity contribution is 5.86. The van der Waals surface area contributed by atoms with Crippen molar-refractivity contribution in [1.82, 2.24) is 15.2 Å². The highest BCUT2D eigenvalue weighted by atomic mass is 16.5. The van der Waals surface area contributed by atoms with Gasteiger partial charge in [-0.05, 0) is 43.2 Å². The van der Waals surface area contributed by atoms with Gasteiger partial charge in [-0.1, -0.05) is 18.2 Å². The first-order valence-electron chi connectivity index (χ1n) is 10.1. The maximum atomic E-state index is 12.7. The summed E-state index contributed by atoms with van der Waals surface area (Å²) in [5, 5.41) is 4.32. The Hall–Kier alpha value is -1.89. The van der Waals surface area contributed by atoms with Crippen LogP contribution in [0, 0.1) is 5.92 Å². The first kappa shape index (κ1) is 17.2. The third kappa shape index (κ3) is 3.49. The molecule has 4 N–H and O–H groups in total.